The molecule has 3 aromatic rings. The quantitative estimate of drug-likeness (QED) is 0.390. The lowest BCUT2D eigenvalue weighted by atomic mass is 9.86. The number of alkyl halides is 3. The molecule has 3 aromatic carbocycles. The minimum atomic E-state index is -4.82. The Balaban J connectivity index is 1.37. The van der Waals surface area contributed by atoms with E-state index in [0.29, 0.717) is 19.4 Å². The Labute approximate surface area is 225 Å². The molecule has 11 heteroatoms. The molecule has 1 aliphatic carbocycles. The standard InChI is InChI=1S/C28H30F3N3O4S/c1-32-39(36,20-15-13-19(14-16-20)38-28(29,30)31)34-24-11-6-10-23(27(24)35)33-26-21-8-3-2-7-18(21)17-37-25-12-5-4-9-22(25)26/h2-5,7-9,12-16,23-24,26-27,33,35H,6,10-11,17H2,1H3,(H,32,34,36). The molecule has 2 aliphatic rings. The van der Waals surface area contributed by atoms with E-state index in [-0.39, 0.29) is 17.0 Å². The summed E-state index contributed by atoms with van der Waals surface area (Å²) in [5.41, 5.74) is 3.09. The molecule has 1 aliphatic heterocycles. The van der Waals surface area contributed by atoms with Crippen molar-refractivity contribution in [1.82, 2.24) is 10.0 Å². The summed E-state index contributed by atoms with van der Waals surface area (Å²) in [5, 5.41) is 15.1. The van der Waals surface area contributed by atoms with Crippen LogP contribution in [-0.2, 0) is 16.5 Å². The third-order valence-electron chi connectivity index (χ3n) is 7.16. The Morgan fingerprint density at radius 3 is 2.36 bits per heavy atom. The molecule has 0 saturated heterocycles. The summed E-state index contributed by atoms with van der Waals surface area (Å²) >= 11 is 0. The van der Waals surface area contributed by atoms with Gasteiger partial charge in [0.05, 0.1) is 17.0 Å². The SMILES string of the molecule is CN=S(=O)(NC1CCCC(NC2c3ccccc3COc3ccccc32)C1O)c1ccc(OC(F)(F)F)cc1. The number of nitrogens with one attached hydrogen (secondary N) is 2. The molecule has 0 amide bonds. The molecule has 0 radical (unpaired) electrons. The van der Waals surface area contributed by atoms with Gasteiger partial charge in [0.1, 0.15) is 28.0 Å². The number of aliphatic hydroxyl groups is 1. The molecule has 1 heterocycles. The molecule has 1 fully saturated rings. The van der Waals surface area contributed by atoms with Crippen LogP contribution in [0.15, 0.2) is 82.1 Å². The van der Waals surface area contributed by atoms with Gasteiger partial charge in [-0.05, 0) is 54.3 Å². The lowest BCUT2D eigenvalue weighted by molar-refractivity contribution is -0.274. The van der Waals surface area contributed by atoms with Crippen molar-refractivity contribution in [2.24, 2.45) is 4.36 Å². The monoisotopic (exact) mass is 561 g/mol. The van der Waals surface area contributed by atoms with E-state index in [9.17, 15) is 22.5 Å². The lowest BCUT2D eigenvalue weighted by Gasteiger charge is -2.38. The normalized spacial score (nSPS) is 24.3. The van der Waals surface area contributed by atoms with Gasteiger partial charge in [-0.1, -0.05) is 48.9 Å². The van der Waals surface area contributed by atoms with E-state index in [1.807, 2.05) is 42.5 Å². The highest BCUT2D eigenvalue weighted by Crippen LogP contribution is 2.37. The van der Waals surface area contributed by atoms with Crippen molar-refractivity contribution in [2.75, 3.05) is 7.05 Å². The van der Waals surface area contributed by atoms with Crippen LogP contribution in [0.5, 0.6) is 11.5 Å². The molecule has 3 N–H and O–H groups in total. The van der Waals surface area contributed by atoms with Crippen molar-refractivity contribution in [3.63, 3.8) is 0 Å². The zero-order valence-electron chi connectivity index (χ0n) is 21.2. The van der Waals surface area contributed by atoms with Crippen LogP contribution in [0.2, 0.25) is 0 Å². The Bertz CT molecular complexity index is 1380. The topological polar surface area (TPSA) is 92.2 Å². The fourth-order valence-corrected chi connectivity index (χ4v) is 6.89. The number of ether oxygens (including phenoxy) is 2. The predicted octanol–water partition coefficient (Wildman–Crippen LogP) is 5.10. The molecule has 7 nitrogen and oxygen atoms in total. The van der Waals surface area contributed by atoms with E-state index in [4.69, 9.17) is 4.74 Å². The molecular weight excluding hydrogens is 531 g/mol. The highest BCUT2D eigenvalue weighted by molar-refractivity contribution is 7.91. The number of aliphatic hydroxyl groups excluding tert-OH is 1. The zero-order chi connectivity index (χ0) is 27.6. The average molecular weight is 562 g/mol. The number of hydrogen-bond acceptors (Lipinski definition) is 6. The van der Waals surface area contributed by atoms with Gasteiger partial charge in [-0.15, -0.1) is 13.2 Å². The van der Waals surface area contributed by atoms with Crippen molar-refractivity contribution in [2.45, 2.75) is 61.4 Å². The number of benzene rings is 3. The maximum absolute atomic E-state index is 13.7. The second-order valence-electron chi connectivity index (χ2n) is 9.60. The van der Waals surface area contributed by atoms with E-state index in [1.54, 1.807) is 0 Å². The molecule has 5 atom stereocenters. The van der Waals surface area contributed by atoms with Gasteiger partial charge in [0, 0.05) is 24.7 Å². The van der Waals surface area contributed by atoms with E-state index in [2.05, 4.69) is 25.2 Å². The van der Waals surface area contributed by atoms with Crippen molar-refractivity contribution in [3.8, 4) is 11.5 Å². The fraction of sp³-hybridized carbons (Fsp3) is 0.357. The van der Waals surface area contributed by atoms with Crippen LogP contribution < -0.4 is 19.5 Å². The third kappa shape index (κ3) is 6.06. The average Bonchev–Trinajstić information content (AvgIpc) is 3.07. The molecule has 0 bridgehead atoms. The molecule has 5 unspecified atom stereocenters. The third-order valence-corrected chi connectivity index (χ3v) is 9.21. The summed E-state index contributed by atoms with van der Waals surface area (Å²) < 4.78 is 68.4. The van der Waals surface area contributed by atoms with Crippen LogP contribution in [-0.4, -0.2) is 40.9 Å². The van der Waals surface area contributed by atoms with Gasteiger partial charge in [0.25, 0.3) is 0 Å². The maximum Gasteiger partial charge on any atom is 0.573 e. The van der Waals surface area contributed by atoms with Gasteiger partial charge >= 0.3 is 6.36 Å². The van der Waals surface area contributed by atoms with Crippen LogP contribution in [0.3, 0.4) is 0 Å². The van der Waals surface area contributed by atoms with Crippen LogP contribution in [0, 0.1) is 0 Å². The first kappa shape index (κ1) is 27.4. The summed E-state index contributed by atoms with van der Waals surface area (Å²) in [4.78, 5) is 0.200. The van der Waals surface area contributed by atoms with E-state index in [0.717, 1.165) is 41.0 Å². The Morgan fingerprint density at radius 1 is 0.974 bits per heavy atom. The van der Waals surface area contributed by atoms with E-state index in [1.165, 1.54) is 19.2 Å². The number of rotatable bonds is 6. The number of fused-ring (bicyclic) bond motifs is 2. The van der Waals surface area contributed by atoms with Crippen molar-refractivity contribution in [3.05, 3.63) is 89.5 Å². The summed E-state index contributed by atoms with van der Waals surface area (Å²) in [6, 6.07) is 19.5. The summed E-state index contributed by atoms with van der Waals surface area (Å²) in [7, 11) is -1.85. The molecule has 1 saturated carbocycles. The molecule has 0 spiro atoms. The van der Waals surface area contributed by atoms with Gasteiger partial charge < -0.3 is 19.9 Å². The van der Waals surface area contributed by atoms with Crippen LogP contribution in [0.1, 0.15) is 42.0 Å². The molecule has 208 valence electrons. The zero-order valence-corrected chi connectivity index (χ0v) is 22.0. The largest absolute Gasteiger partial charge is 0.573 e. The minimum Gasteiger partial charge on any atom is -0.489 e. The predicted molar refractivity (Wildman–Crippen MR) is 141 cm³/mol. The highest BCUT2D eigenvalue weighted by Gasteiger charge is 2.37. The number of hydrogen-bond donors (Lipinski definition) is 3. The summed E-state index contributed by atoms with van der Waals surface area (Å²) in [5.74, 6) is 0.357. The first-order chi connectivity index (χ1) is 18.7. The van der Waals surface area contributed by atoms with E-state index >= 15 is 0 Å². The van der Waals surface area contributed by atoms with Crippen LogP contribution in [0.4, 0.5) is 13.2 Å². The first-order valence-corrected chi connectivity index (χ1v) is 14.2. The van der Waals surface area contributed by atoms with Crippen LogP contribution in [0.25, 0.3) is 0 Å². The Morgan fingerprint density at radius 2 is 1.64 bits per heavy atom. The van der Waals surface area contributed by atoms with Gasteiger partial charge in [0.15, 0.2) is 0 Å². The Hall–Kier alpha value is -3.12. The van der Waals surface area contributed by atoms with Gasteiger partial charge in [-0.25, -0.2) is 13.3 Å². The summed E-state index contributed by atoms with van der Waals surface area (Å²) in [6.07, 6.45) is -3.71. The van der Waals surface area contributed by atoms with Crippen molar-refractivity contribution >= 4 is 9.92 Å². The first-order valence-electron chi connectivity index (χ1n) is 12.7. The Kier molecular flexibility index (Phi) is 7.86. The number of halogens is 3. The molecule has 5 rings (SSSR count). The van der Waals surface area contributed by atoms with Gasteiger partial charge in [0.2, 0.25) is 0 Å². The van der Waals surface area contributed by atoms with Crippen molar-refractivity contribution < 1.29 is 32.0 Å². The molecule has 39 heavy (non-hydrogen) atoms. The van der Waals surface area contributed by atoms with Gasteiger partial charge in [-0.2, -0.15) is 0 Å². The highest BCUT2D eigenvalue weighted by atomic mass is 32.2. The lowest BCUT2D eigenvalue weighted by Crippen LogP contribution is -2.56. The van der Waals surface area contributed by atoms with E-state index < -0.39 is 34.2 Å². The smallest absolute Gasteiger partial charge is 0.489 e. The van der Waals surface area contributed by atoms with Crippen molar-refractivity contribution in [1.29, 1.82) is 0 Å². The fourth-order valence-electron chi connectivity index (χ4n) is 5.26. The van der Waals surface area contributed by atoms with Crippen LogP contribution >= 0.6 is 0 Å². The number of nitrogens with zero attached hydrogens (tertiary/aromatic N) is 1. The second-order valence-corrected chi connectivity index (χ2v) is 11.7. The minimum absolute atomic E-state index is 0.200. The molecule has 0 aromatic heterocycles. The second kappa shape index (κ2) is 11.2. The van der Waals surface area contributed by atoms with Gasteiger partial charge in [-0.3, -0.25) is 0 Å². The molecular formula is C28H30F3N3O4S. The number of para-hydroxylation sites is 1. The summed E-state index contributed by atoms with van der Waals surface area (Å²) in [6.45, 7) is 0.440. The maximum atomic E-state index is 13.7.